The summed E-state index contributed by atoms with van der Waals surface area (Å²) in [6, 6.07) is 13.6. The SMILES string of the molecule is CCOc1ccc(Nc2cccc(NC)n2)cc1. The van der Waals surface area contributed by atoms with Gasteiger partial charge in [0.05, 0.1) is 6.61 Å². The van der Waals surface area contributed by atoms with Crippen LogP contribution in [0.2, 0.25) is 0 Å². The highest BCUT2D eigenvalue weighted by Crippen LogP contribution is 2.19. The number of anilines is 3. The highest BCUT2D eigenvalue weighted by molar-refractivity contribution is 5.58. The van der Waals surface area contributed by atoms with E-state index in [0.29, 0.717) is 6.61 Å². The minimum atomic E-state index is 0.679. The van der Waals surface area contributed by atoms with E-state index in [1.165, 1.54) is 0 Å². The van der Waals surface area contributed by atoms with Gasteiger partial charge in [0, 0.05) is 12.7 Å². The fourth-order valence-electron chi connectivity index (χ4n) is 1.59. The van der Waals surface area contributed by atoms with Crippen molar-refractivity contribution in [1.82, 2.24) is 4.98 Å². The lowest BCUT2D eigenvalue weighted by Gasteiger charge is -2.08. The Morgan fingerprint density at radius 3 is 2.44 bits per heavy atom. The Morgan fingerprint density at radius 2 is 1.78 bits per heavy atom. The van der Waals surface area contributed by atoms with E-state index in [2.05, 4.69) is 15.6 Å². The molecule has 0 bridgehead atoms. The second-order valence-electron chi connectivity index (χ2n) is 3.74. The Labute approximate surface area is 107 Å². The van der Waals surface area contributed by atoms with Crippen LogP contribution in [0.1, 0.15) is 6.92 Å². The summed E-state index contributed by atoms with van der Waals surface area (Å²) in [4.78, 5) is 4.39. The van der Waals surface area contributed by atoms with Crippen LogP contribution in [-0.4, -0.2) is 18.6 Å². The van der Waals surface area contributed by atoms with Gasteiger partial charge in [-0.1, -0.05) is 6.07 Å². The number of nitrogens with zero attached hydrogens (tertiary/aromatic N) is 1. The van der Waals surface area contributed by atoms with E-state index in [1.807, 2.05) is 56.4 Å². The number of ether oxygens (including phenoxy) is 1. The lowest BCUT2D eigenvalue weighted by molar-refractivity contribution is 0.340. The van der Waals surface area contributed by atoms with Crippen LogP contribution in [0.25, 0.3) is 0 Å². The van der Waals surface area contributed by atoms with Crippen molar-refractivity contribution in [3.63, 3.8) is 0 Å². The molecule has 18 heavy (non-hydrogen) atoms. The van der Waals surface area contributed by atoms with E-state index in [9.17, 15) is 0 Å². The summed E-state index contributed by atoms with van der Waals surface area (Å²) in [7, 11) is 1.85. The van der Waals surface area contributed by atoms with Crippen LogP contribution in [0, 0.1) is 0 Å². The number of rotatable bonds is 5. The second-order valence-corrected chi connectivity index (χ2v) is 3.74. The molecule has 2 aromatic rings. The summed E-state index contributed by atoms with van der Waals surface area (Å²) in [6.45, 7) is 2.65. The summed E-state index contributed by atoms with van der Waals surface area (Å²) in [5.41, 5.74) is 0.985. The molecule has 0 amide bonds. The number of aromatic nitrogens is 1. The molecule has 2 N–H and O–H groups in total. The Bertz CT molecular complexity index is 497. The lowest BCUT2D eigenvalue weighted by atomic mass is 10.3. The first-order chi connectivity index (χ1) is 8.81. The molecule has 1 aromatic carbocycles. The van der Waals surface area contributed by atoms with Gasteiger partial charge in [-0.3, -0.25) is 0 Å². The van der Waals surface area contributed by atoms with Crippen LogP contribution in [0.4, 0.5) is 17.3 Å². The molecule has 0 radical (unpaired) electrons. The molecule has 4 nitrogen and oxygen atoms in total. The third-order valence-electron chi connectivity index (χ3n) is 2.44. The Morgan fingerprint density at radius 1 is 1.06 bits per heavy atom. The highest BCUT2D eigenvalue weighted by atomic mass is 16.5. The highest BCUT2D eigenvalue weighted by Gasteiger charge is 1.98. The number of hydrogen-bond acceptors (Lipinski definition) is 4. The van der Waals surface area contributed by atoms with Crippen LogP contribution < -0.4 is 15.4 Å². The van der Waals surface area contributed by atoms with Crippen molar-refractivity contribution in [3.05, 3.63) is 42.5 Å². The summed E-state index contributed by atoms with van der Waals surface area (Å²) >= 11 is 0. The zero-order valence-electron chi connectivity index (χ0n) is 10.6. The van der Waals surface area contributed by atoms with Crippen molar-refractivity contribution in [3.8, 4) is 5.75 Å². The Kier molecular flexibility index (Phi) is 4.02. The van der Waals surface area contributed by atoms with Gasteiger partial charge in [0.25, 0.3) is 0 Å². The second kappa shape index (κ2) is 5.91. The van der Waals surface area contributed by atoms with Crippen molar-refractivity contribution in [2.45, 2.75) is 6.92 Å². The molecule has 0 saturated heterocycles. The van der Waals surface area contributed by atoms with E-state index in [0.717, 1.165) is 23.1 Å². The Hall–Kier alpha value is -2.23. The molecule has 0 atom stereocenters. The molecule has 4 heteroatoms. The quantitative estimate of drug-likeness (QED) is 0.846. The van der Waals surface area contributed by atoms with Gasteiger partial charge in [-0.15, -0.1) is 0 Å². The largest absolute Gasteiger partial charge is 0.494 e. The van der Waals surface area contributed by atoms with E-state index >= 15 is 0 Å². The average molecular weight is 243 g/mol. The molecule has 1 aromatic heterocycles. The standard InChI is InChI=1S/C14H17N3O/c1-3-18-12-9-7-11(8-10-12)16-14-6-4-5-13(15-2)17-14/h4-10H,3H2,1-2H3,(H2,15,16,17). The Balaban J connectivity index is 2.08. The number of benzene rings is 1. The maximum absolute atomic E-state index is 5.39. The molecule has 0 aliphatic carbocycles. The van der Waals surface area contributed by atoms with Crippen LogP contribution in [0.3, 0.4) is 0 Å². The van der Waals surface area contributed by atoms with Crippen molar-refractivity contribution in [2.75, 3.05) is 24.3 Å². The molecule has 0 fully saturated rings. The molecule has 94 valence electrons. The summed E-state index contributed by atoms with van der Waals surface area (Å²) in [6.07, 6.45) is 0. The number of pyridine rings is 1. The van der Waals surface area contributed by atoms with Gasteiger partial charge in [0.2, 0.25) is 0 Å². The zero-order valence-corrected chi connectivity index (χ0v) is 10.6. The molecular formula is C14H17N3O. The molecule has 0 spiro atoms. The van der Waals surface area contributed by atoms with Gasteiger partial charge in [-0.25, -0.2) is 4.98 Å². The molecule has 1 heterocycles. The fourth-order valence-corrected chi connectivity index (χ4v) is 1.59. The smallest absolute Gasteiger partial charge is 0.132 e. The van der Waals surface area contributed by atoms with E-state index in [1.54, 1.807) is 0 Å². The van der Waals surface area contributed by atoms with Crippen LogP contribution in [-0.2, 0) is 0 Å². The van der Waals surface area contributed by atoms with Gasteiger partial charge in [-0.05, 0) is 43.3 Å². The van der Waals surface area contributed by atoms with Crippen molar-refractivity contribution in [1.29, 1.82) is 0 Å². The molecule has 0 saturated carbocycles. The van der Waals surface area contributed by atoms with Gasteiger partial charge < -0.3 is 15.4 Å². The maximum Gasteiger partial charge on any atom is 0.132 e. The first-order valence-corrected chi connectivity index (χ1v) is 5.96. The first kappa shape index (κ1) is 12.2. The minimum Gasteiger partial charge on any atom is -0.494 e. The normalized spacial score (nSPS) is 9.89. The van der Waals surface area contributed by atoms with Gasteiger partial charge >= 0.3 is 0 Å². The minimum absolute atomic E-state index is 0.679. The molecule has 0 aliphatic rings. The van der Waals surface area contributed by atoms with Crippen LogP contribution >= 0.6 is 0 Å². The van der Waals surface area contributed by atoms with Crippen LogP contribution in [0.15, 0.2) is 42.5 Å². The predicted molar refractivity (Wildman–Crippen MR) is 74.7 cm³/mol. The monoisotopic (exact) mass is 243 g/mol. The van der Waals surface area contributed by atoms with Crippen molar-refractivity contribution < 1.29 is 4.74 Å². The van der Waals surface area contributed by atoms with E-state index in [-0.39, 0.29) is 0 Å². The van der Waals surface area contributed by atoms with Crippen molar-refractivity contribution >= 4 is 17.3 Å². The lowest BCUT2D eigenvalue weighted by Crippen LogP contribution is -1.97. The first-order valence-electron chi connectivity index (χ1n) is 5.96. The van der Waals surface area contributed by atoms with Gasteiger partial charge in [0.15, 0.2) is 0 Å². The molecular weight excluding hydrogens is 226 g/mol. The number of nitrogens with one attached hydrogen (secondary N) is 2. The zero-order chi connectivity index (χ0) is 12.8. The molecule has 0 unspecified atom stereocenters. The van der Waals surface area contributed by atoms with Gasteiger partial charge in [-0.2, -0.15) is 0 Å². The fraction of sp³-hybridized carbons (Fsp3) is 0.214. The van der Waals surface area contributed by atoms with E-state index in [4.69, 9.17) is 4.74 Å². The summed E-state index contributed by atoms with van der Waals surface area (Å²) in [5, 5.41) is 6.25. The third-order valence-corrected chi connectivity index (χ3v) is 2.44. The van der Waals surface area contributed by atoms with Gasteiger partial charge in [0.1, 0.15) is 17.4 Å². The topological polar surface area (TPSA) is 46.2 Å². The third kappa shape index (κ3) is 3.13. The maximum atomic E-state index is 5.39. The van der Waals surface area contributed by atoms with Crippen LogP contribution in [0.5, 0.6) is 5.75 Å². The molecule has 2 rings (SSSR count). The summed E-state index contributed by atoms with van der Waals surface area (Å²) in [5.74, 6) is 2.52. The number of hydrogen-bond donors (Lipinski definition) is 2. The average Bonchev–Trinajstić information content (AvgIpc) is 2.42. The summed E-state index contributed by atoms with van der Waals surface area (Å²) < 4.78 is 5.39. The van der Waals surface area contributed by atoms with E-state index < -0.39 is 0 Å². The van der Waals surface area contributed by atoms with Crippen molar-refractivity contribution in [2.24, 2.45) is 0 Å². The molecule has 0 aliphatic heterocycles. The predicted octanol–water partition coefficient (Wildman–Crippen LogP) is 3.27.